The number of hydrogen-bond acceptors (Lipinski definition) is 4. The highest BCUT2D eigenvalue weighted by atomic mass is 32.2. The normalized spacial score (nSPS) is 17.6. The summed E-state index contributed by atoms with van der Waals surface area (Å²) in [6, 6.07) is 5.43. The summed E-state index contributed by atoms with van der Waals surface area (Å²) in [4.78, 5) is 0. The van der Waals surface area contributed by atoms with Gasteiger partial charge in [-0.1, -0.05) is 12.8 Å². The van der Waals surface area contributed by atoms with Gasteiger partial charge >= 0.3 is 0 Å². The lowest BCUT2D eigenvalue weighted by atomic mass is 10.0. The molecule has 1 aliphatic carbocycles. The quantitative estimate of drug-likeness (QED) is 0.860. The van der Waals surface area contributed by atoms with E-state index in [0.717, 1.165) is 18.9 Å². The highest BCUT2D eigenvalue weighted by Gasteiger charge is 2.32. The first-order valence-electron chi connectivity index (χ1n) is 6.72. The van der Waals surface area contributed by atoms with Crippen LogP contribution in [0.2, 0.25) is 0 Å². The number of hydrogen-bond donors (Lipinski definition) is 2. The van der Waals surface area contributed by atoms with Crippen LogP contribution in [0, 0.1) is 17.1 Å². The lowest BCUT2D eigenvalue weighted by Gasteiger charge is -2.22. The fraction of sp³-hybridized carbons (Fsp3) is 0.500. The number of rotatable bonds is 5. The fourth-order valence-electron chi connectivity index (χ4n) is 2.46. The molecule has 0 heterocycles. The molecule has 0 atom stereocenters. The van der Waals surface area contributed by atoms with E-state index in [9.17, 15) is 17.9 Å². The maximum absolute atomic E-state index is 13.6. The van der Waals surface area contributed by atoms with Crippen LogP contribution in [0.25, 0.3) is 0 Å². The number of nitriles is 1. The second-order valence-electron chi connectivity index (χ2n) is 5.43. The summed E-state index contributed by atoms with van der Waals surface area (Å²) in [5, 5.41) is 18.9. The molecule has 1 saturated carbocycles. The van der Waals surface area contributed by atoms with Crippen molar-refractivity contribution < 1.29 is 17.9 Å². The summed E-state index contributed by atoms with van der Waals surface area (Å²) in [5.41, 5.74) is -0.851. The van der Waals surface area contributed by atoms with Crippen molar-refractivity contribution in [3.63, 3.8) is 0 Å². The Morgan fingerprint density at radius 1 is 1.38 bits per heavy atom. The molecule has 1 aromatic carbocycles. The summed E-state index contributed by atoms with van der Waals surface area (Å²) in [7, 11) is -3.77. The van der Waals surface area contributed by atoms with Gasteiger partial charge < -0.3 is 5.11 Å². The molecule has 0 aromatic heterocycles. The van der Waals surface area contributed by atoms with Crippen LogP contribution in [0.4, 0.5) is 4.39 Å². The number of nitrogens with zero attached hydrogens (tertiary/aromatic N) is 1. The minimum absolute atomic E-state index is 0.0556. The van der Waals surface area contributed by atoms with Crippen molar-refractivity contribution in [1.29, 1.82) is 5.26 Å². The Morgan fingerprint density at radius 2 is 2.05 bits per heavy atom. The minimum atomic E-state index is -3.77. The predicted molar refractivity (Wildman–Crippen MR) is 75.2 cm³/mol. The smallest absolute Gasteiger partial charge is 0.215 e. The number of halogens is 1. The molecule has 0 radical (unpaired) electrons. The van der Waals surface area contributed by atoms with Crippen LogP contribution in [0.3, 0.4) is 0 Å². The van der Waals surface area contributed by atoms with Gasteiger partial charge in [-0.25, -0.2) is 17.5 Å². The number of benzene rings is 1. The van der Waals surface area contributed by atoms with Gasteiger partial charge in [-0.3, -0.25) is 0 Å². The second kappa shape index (κ2) is 6.10. The molecule has 5 nitrogen and oxygen atoms in total. The van der Waals surface area contributed by atoms with Crippen LogP contribution in [-0.4, -0.2) is 25.7 Å². The van der Waals surface area contributed by atoms with Gasteiger partial charge in [0.2, 0.25) is 10.0 Å². The molecule has 0 spiro atoms. The molecule has 21 heavy (non-hydrogen) atoms. The lowest BCUT2D eigenvalue weighted by molar-refractivity contribution is 0.0531. The van der Waals surface area contributed by atoms with Crippen LogP contribution >= 0.6 is 0 Å². The second-order valence-corrected chi connectivity index (χ2v) is 7.24. The summed E-state index contributed by atoms with van der Waals surface area (Å²) in [5.74, 6) is -1.22. The zero-order chi connectivity index (χ0) is 15.5. The Kier molecular flexibility index (Phi) is 4.61. The third-order valence-electron chi connectivity index (χ3n) is 3.68. The molecular formula is C14H17FN2O3S. The molecule has 2 N–H and O–H groups in total. The Labute approximate surface area is 123 Å². The van der Waals surface area contributed by atoms with Crippen LogP contribution in [0.5, 0.6) is 0 Å². The van der Waals surface area contributed by atoms with Crippen molar-refractivity contribution in [2.75, 3.05) is 6.54 Å². The number of sulfonamides is 1. The van der Waals surface area contributed by atoms with Gasteiger partial charge in [-0.05, 0) is 31.0 Å². The van der Waals surface area contributed by atoms with Gasteiger partial charge in [0.1, 0.15) is 5.82 Å². The van der Waals surface area contributed by atoms with Crippen molar-refractivity contribution >= 4 is 10.0 Å². The van der Waals surface area contributed by atoms with Gasteiger partial charge in [0.15, 0.2) is 0 Å². The number of aliphatic hydroxyl groups is 1. The molecule has 0 unspecified atom stereocenters. The van der Waals surface area contributed by atoms with Gasteiger partial charge in [0, 0.05) is 12.1 Å². The molecule has 7 heteroatoms. The van der Waals surface area contributed by atoms with E-state index in [-0.39, 0.29) is 17.7 Å². The molecule has 0 aliphatic heterocycles. The Bertz CT molecular complexity index is 661. The Hall–Kier alpha value is -1.49. The van der Waals surface area contributed by atoms with Crippen LogP contribution in [0.15, 0.2) is 18.2 Å². The highest BCUT2D eigenvalue weighted by Crippen LogP contribution is 2.28. The first-order valence-corrected chi connectivity index (χ1v) is 8.37. The van der Waals surface area contributed by atoms with Crippen LogP contribution in [-0.2, 0) is 15.8 Å². The minimum Gasteiger partial charge on any atom is -0.389 e. The van der Waals surface area contributed by atoms with Crippen molar-refractivity contribution in [3.8, 4) is 6.07 Å². The third kappa shape index (κ3) is 4.24. The van der Waals surface area contributed by atoms with E-state index in [2.05, 4.69) is 4.72 Å². The van der Waals surface area contributed by atoms with Crippen molar-refractivity contribution in [1.82, 2.24) is 4.72 Å². The molecular weight excluding hydrogens is 295 g/mol. The Morgan fingerprint density at radius 3 is 2.67 bits per heavy atom. The average Bonchev–Trinajstić information content (AvgIpc) is 2.87. The molecule has 0 saturated heterocycles. The molecule has 0 amide bonds. The molecule has 1 aromatic rings. The van der Waals surface area contributed by atoms with Crippen LogP contribution in [0.1, 0.15) is 36.8 Å². The summed E-state index contributed by atoms with van der Waals surface area (Å²) in [6.45, 7) is -0.0606. The maximum Gasteiger partial charge on any atom is 0.215 e. The first-order chi connectivity index (χ1) is 9.84. The number of nitrogens with one attached hydrogen (secondary N) is 1. The van der Waals surface area contributed by atoms with Gasteiger partial charge in [0.25, 0.3) is 0 Å². The zero-order valence-electron chi connectivity index (χ0n) is 11.5. The topological polar surface area (TPSA) is 90.2 Å². The van der Waals surface area contributed by atoms with E-state index in [1.54, 1.807) is 0 Å². The van der Waals surface area contributed by atoms with E-state index >= 15 is 0 Å². The van der Waals surface area contributed by atoms with Gasteiger partial charge in [-0.15, -0.1) is 0 Å². The van der Waals surface area contributed by atoms with Crippen LogP contribution < -0.4 is 4.72 Å². The van der Waals surface area contributed by atoms with Gasteiger partial charge in [0.05, 0.1) is 23.0 Å². The van der Waals surface area contributed by atoms with E-state index in [1.807, 2.05) is 6.07 Å². The van der Waals surface area contributed by atoms with Crippen molar-refractivity contribution in [2.45, 2.75) is 37.0 Å². The first kappa shape index (κ1) is 15.9. The van der Waals surface area contributed by atoms with Crippen molar-refractivity contribution in [3.05, 3.63) is 35.1 Å². The SMILES string of the molecule is N#Cc1ccc(F)c(CS(=O)(=O)NCC2(O)CCCC2)c1. The van der Waals surface area contributed by atoms with E-state index in [4.69, 9.17) is 5.26 Å². The highest BCUT2D eigenvalue weighted by molar-refractivity contribution is 7.88. The largest absolute Gasteiger partial charge is 0.389 e. The zero-order valence-corrected chi connectivity index (χ0v) is 12.3. The molecule has 1 aliphatic rings. The summed E-state index contributed by atoms with van der Waals surface area (Å²) >= 11 is 0. The maximum atomic E-state index is 13.6. The van der Waals surface area contributed by atoms with Crippen molar-refractivity contribution in [2.24, 2.45) is 0 Å². The standard InChI is InChI=1S/C14H17FN2O3S/c15-13-4-3-11(8-16)7-12(13)9-21(19,20)17-10-14(18)5-1-2-6-14/h3-4,7,17-18H,1-2,5-6,9-10H2. The monoisotopic (exact) mass is 312 g/mol. The molecule has 114 valence electrons. The average molecular weight is 312 g/mol. The molecule has 1 fully saturated rings. The summed E-state index contributed by atoms with van der Waals surface area (Å²) < 4.78 is 39.9. The molecule has 2 rings (SSSR count). The predicted octanol–water partition coefficient (Wildman–Crippen LogP) is 1.42. The lowest BCUT2D eigenvalue weighted by Crippen LogP contribution is -2.41. The van der Waals surface area contributed by atoms with E-state index in [1.165, 1.54) is 12.1 Å². The van der Waals surface area contributed by atoms with E-state index < -0.39 is 27.2 Å². The Balaban J connectivity index is 2.06. The fourth-order valence-corrected chi connectivity index (χ4v) is 3.69. The summed E-state index contributed by atoms with van der Waals surface area (Å²) in [6.07, 6.45) is 2.87. The van der Waals surface area contributed by atoms with E-state index in [0.29, 0.717) is 12.8 Å². The van der Waals surface area contributed by atoms with Gasteiger partial charge in [-0.2, -0.15) is 5.26 Å². The third-order valence-corrected chi connectivity index (χ3v) is 4.95. The molecule has 0 bridgehead atoms.